The zero-order chi connectivity index (χ0) is 13.1. The van der Waals surface area contributed by atoms with E-state index in [9.17, 15) is 9.90 Å². The molecule has 0 radical (unpaired) electrons. The van der Waals surface area contributed by atoms with Crippen LogP contribution in [0, 0.1) is 0 Å². The largest absolute Gasteiger partial charge is 0.394 e. The molecular weight excluding hydrogens is 252 g/mol. The number of benzene rings is 1. The van der Waals surface area contributed by atoms with E-state index in [0.29, 0.717) is 5.02 Å². The molecule has 0 spiro atoms. The van der Waals surface area contributed by atoms with Gasteiger partial charge in [-0.25, -0.2) is 0 Å². The molecule has 98 valence electrons. The maximum atomic E-state index is 12.3. The summed E-state index contributed by atoms with van der Waals surface area (Å²) in [5.41, 5.74) is 0.819. The van der Waals surface area contributed by atoms with Crippen LogP contribution in [0.1, 0.15) is 13.3 Å². The molecule has 1 fully saturated rings. The predicted molar refractivity (Wildman–Crippen MR) is 71.9 cm³/mol. The first-order chi connectivity index (χ1) is 8.63. The standard InChI is InChI=1S/C13H17ClN2O2/c1-9-6-7-15-12(8-17)13(18)16(9)11-4-2-10(14)3-5-11/h2-5,9,12,15,17H,6-8H2,1H3. The van der Waals surface area contributed by atoms with Gasteiger partial charge in [-0.15, -0.1) is 0 Å². The number of anilines is 1. The molecule has 1 heterocycles. The van der Waals surface area contributed by atoms with Crippen LogP contribution in [0.4, 0.5) is 5.69 Å². The molecule has 2 N–H and O–H groups in total. The van der Waals surface area contributed by atoms with Crippen LogP contribution < -0.4 is 10.2 Å². The van der Waals surface area contributed by atoms with Crippen molar-refractivity contribution in [3.63, 3.8) is 0 Å². The summed E-state index contributed by atoms with van der Waals surface area (Å²) in [7, 11) is 0. The third-order valence-corrected chi connectivity index (χ3v) is 3.47. The van der Waals surface area contributed by atoms with Crippen molar-refractivity contribution < 1.29 is 9.90 Å². The number of hydrogen-bond acceptors (Lipinski definition) is 3. The molecule has 2 rings (SSSR count). The van der Waals surface area contributed by atoms with Gasteiger partial charge in [-0.2, -0.15) is 0 Å². The normalized spacial score (nSPS) is 25.1. The van der Waals surface area contributed by atoms with Crippen LogP contribution in [0.2, 0.25) is 5.02 Å². The summed E-state index contributed by atoms with van der Waals surface area (Å²) in [5.74, 6) is -0.0928. The molecule has 2 unspecified atom stereocenters. The summed E-state index contributed by atoms with van der Waals surface area (Å²) < 4.78 is 0. The maximum absolute atomic E-state index is 12.3. The Labute approximate surface area is 112 Å². The van der Waals surface area contributed by atoms with Gasteiger partial charge >= 0.3 is 0 Å². The first-order valence-corrected chi connectivity index (χ1v) is 6.44. The van der Waals surface area contributed by atoms with Crippen LogP contribution in [-0.4, -0.2) is 36.2 Å². The van der Waals surface area contributed by atoms with Gasteiger partial charge in [-0.3, -0.25) is 4.79 Å². The molecule has 1 aliphatic heterocycles. The van der Waals surface area contributed by atoms with Gasteiger partial charge in [-0.05, 0) is 44.2 Å². The summed E-state index contributed by atoms with van der Waals surface area (Å²) >= 11 is 5.86. The van der Waals surface area contributed by atoms with Crippen molar-refractivity contribution >= 4 is 23.2 Å². The lowest BCUT2D eigenvalue weighted by Crippen LogP contribution is -2.47. The Hall–Kier alpha value is -1.10. The number of aliphatic hydroxyl groups is 1. The lowest BCUT2D eigenvalue weighted by Gasteiger charge is -2.28. The van der Waals surface area contributed by atoms with Crippen molar-refractivity contribution in [3.8, 4) is 0 Å². The van der Waals surface area contributed by atoms with E-state index in [2.05, 4.69) is 5.32 Å². The molecule has 0 aromatic heterocycles. The van der Waals surface area contributed by atoms with E-state index in [1.54, 1.807) is 17.0 Å². The SMILES string of the molecule is CC1CCNC(CO)C(=O)N1c1ccc(Cl)cc1. The third-order valence-electron chi connectivity index (χ3n) is 3.22. The number of carbonyl (C=O) groups excluding carboxylic acids is 1. The third kappa shape index (κ3) is 2.66. The number of amides is 1. The van der Waals surface area contributed by atoms with E-state index in [1.165, 1.54) is 0 Å². The minimum atomic E-state index is -0.523. The Morgan fingerprint density at radius 1 is 1.44 bits per heavy atom. The second-order valence-electron chi connectivity index (χ2n) is 4.51. The molecule has 0 bridgehead atoms. The van der Waals surface area contributed by atoms with Crippen molar-refractivity contribution in [2.45, 2.75) is 25.4 Å². The maximum Gasteiger partial charge on any atom is 0.246 e. The highest BCUT2D eigenvalue weighted by Crippen LogP contribution is 2.23. The molecule has 0 saturated carbocycles. The molecular formula is C13H17ClN2O2. The Kier molecular flexibility index (Phi) is 4.22. The Morgan fingerprint density at radius 3 is 2.72 bits per heavy atom. The summed E-state index contributed by atoms with van der Waals surface area (Å²) in [6.07, 6.45) is 0.852. The van der Waals surface area contributed by atoms with E-state index in [0.717, 1.165) is 18.7 Å². The van der Waals surface area contributed by atoms with Crippen molar-refractivity contribution in [2.24, 2.45) is 0 Å². The van der Waals surface area contributed by atoms with Gasteiger partial charge in [-0.1, -0.05) is 11.6 Å². The fraction of sp³-hybridized carbons (Fsp3) is 0.462. The summed E-state index contributed by atoms with van der Waals surface area (Å²) in [6.45, 7) is 2.55. The number of hydrogen-bond donors (Lipinski definition) is 2. The number of carbonyl (C=O) groups is 1. The topological polar surface area (TPSA) is 52.6 Å². The van der Waals surface area contributed by atoms with Crippen molar-refractivity contribution in [2.75, 3.05) is 18.1 Å². The highest BCUT2D eigenvalue weighted by Gasteiger charge is 2.31. The molecule has 5 heteroatoms. The predicted octanol–water partition coefficient (Wildman–Crippen LogP) is 1.42. The Balaban J connectivity index is 2.31. The number of rotatable bonds is 2. The van der Waals surface area contributed by atoms with Crippen molar-refractivity contribution in [3.05, 3.63) is 29.3 Å². The molecule has 1 saturated heterocycles. The van der Waals surface area contributed by atoms with E-state index in [4.69, 9.17) is 11.6 Å². The molecule has 0 aliphatic carbocycles. The summed E-state index contributed by atoms with van der Waals surface area (Å²) in [5, 5.41) is 12.9. The molecule has 1 aliphatic rings. The molecule has 1 amide bonds. The Bertz CT molecular complexity index is 422. The van der Waals surface area contributed by atoms with Crippen LogP contribution in [-0.2, 0) is 4.79 Å². The smallest absolute Gasteiger partial charge is 0.246 e. The molecule has 1 aromatic rings. The quantitative estimate of drug-likeness (QED) is 0.853. The minimum absolute atomic E-state index is 0.0928. The first-order valence-electron chi connectivity index (χ1n) is 6.06. The number of nitrogens with zero attached hydrogens (tertiary/aromatic N) is 1. The monoisotopic (exact) mass is 268 g/mol. The van der Waals surface area contributed by atoms with Gasteiger partial charge in [0.15, 0.2) is 0 Å². The second-order valence-corrected chi connectivity index (χ2v) is 4.95. The fourth-order valence-corrected chi connectivity index (χ4v) is 2.32. The molecule has 4 nitrogen and oxygen atoms in total. The zero-order valence-electron chi connectivity index (χ0n) is 10.3. The Morgan fingerprint density at radius 2 is 2.11 bits per heavy atom. The average Bonchev–Trinajstić information content (AvgIpc) is 2.50. The lowest BCUT2D eigenvalue weighted by atomic mass is 10.1. The van der Waals surface area contributed by atoms with E-state index < -0.39 is 6.04 Å². The number of aliphatic hydroxyl groups excluding tert-OH is 1. The van der Waals surface area contributed by atoms with E-state index in [1.807, 2.05) is 19.1 Å². The average molecular weight is 269 g/mol. The van der Waals surface area contributed by atoms with Gasteiger partial charge in [0.25, 0.3) is 0 Å². The number of nitrogens with one attached hydrogen (secondary N) is 1. The zero-order valence-corrected chi connectivity index (χ0v) is 11.0. The van der Waals surface area contributed by atoms with Gasteiger partial charge in [0, 0.05) is 16.8 Å². The minimum Gasteiger partial charge on any atom is -0.394 e. The van der Waals surface area contributed by atoms with Crippen LogP contribution in [0.25, 0.3) is 0 Å². The van der Waals surface area contributed by atoms with Gasteiger partial charge in [0.1, 0.15) is 6.04 Å². The first kappa shape index (κ1) is 13.3. The summed E-state index contributed by atoms with van der Waals surface area (Å²) in [4.78, 5) is 14.1. The van der Waals surface area contributed by atoms with Gasteiger partial charge < -0.3 is 15.3 Å². The molecule has 1 aromatic carbocycles. The fourth-order valence-electron chi connectivity index (χ4n) is 2.19. The highest BCUT2D eigenvalue weighted by atomic mass is 35.5. The van der Waals surface area contributed by atoms with E-state index >= 15 is 0 Å². The highest BCUT2D eigenvalue weighted by molar-refractivity contribution is 6.30. The van der Waals surface area contributed by atoms with E-state index in [-0.39, 0.29) is 18.6 Å². The van der Waals surface area contributed by atoms with Crippen LogP contribution in [0.3, 0.4) is 0 Å². The van der Waals surface area contributed by atoms with Crippen molar-refractivity contribution in [1.82, 2.24) is 5.32 Å². The lowest BCUT2D eigenvalue weighted by molar-refractivity contribution is -0.121. The summed E-state index contributed by atoms with van der Waals surface area (Å²) in [6, 6.07) is 6.77. The van der Waals surface area contributed by atoms with Crippen LogP contribution in [0.15, 0.2) is 24.3 Å². The van der Waals surface area contributed by atoms with Crippen LogP contribution >= 0.6 is 11.6 Å². The number of halogens is 1. The molecule has 2 atom stereocenters. The van der Waals surface area contributed by atoms with Gasteiger partial charge in [0.05, 0.1) is 6.61 Å². The second kappa shape index (κ2) is 5.69. The van der Waals surface area contributed by atoms with Crippen molar-refractivity contribution in [1.29, 1.82) is 0 Å². The molecule has 18 heavy (non-hydrogen) atoms. The van der Waals surface area contributed by atoms with Crippen LogP contribution in [0.5, 0.6) is 0 Å². The van der Waals surface area contributed by atoms with Gasteiger partial charge in [0.2, 0.25) is 5.91 Å².